The number of imide groups is 1. The molecule has 1 fully saturated rings. The maximum atomic E-state index is 11.9. The number of carbonyl (C=O) groups is 3. The first-order chi connectivity index (χ1) is 11.2. The molecule has 0 bridgehead atoms. The molecular formula is C14H18N4O5S. The summed E-state index contributed by atoms with van der Waals surface area (Å²) in [6.45, 7) is -0.295. The van der Waals surface area contributed by atoms with Crippen LogP contribution in [0.3, 0.4) is 0 Å². The fourth-order valence-electron chi connectivity index (χ4n) is 2.01. The van der Waals surface area contributed by atoms with Gasteiger partial charge in [-0.2, -0.15) is 0 Å². The van der Waals surface area contributed by atoms with Crippen molar-refractivity contribution in [3.63, 3.8) is 0 Å². The Morgan fingerprint density at radius 2 is 1.88 bits per heavy atom. The summed E-state index contributed by atoms with van der Waals surface area (Å²) in [4.78, 5) is 35.5. The van der Waals surface area contributed by atoms with Crippen LogP contribution >= 0.6 is 0 Å². The first-order valence-corrected chi connectivity index (χ1v) is 8.52. The highest BCUT2D eigenvalue weighted by molar-refractivity contribution is 7.89. The molecule has 0 aliphatic carbocycles. The number of nitrogens with one attached hydrogen (secondary N) is 2. The Morgan fingerprint density at radius 3 is 2.38 bits per heavy atom. The molecule has 1 aliphatic rings. The third kappa shape index (κ3) is 3.89. The lowest BCUT2D eigenvalue weighted by Gasteiger charge is -2.13. The molecule has 1 saturated heterocycles. The smallest absolute Gasteiger partial charge is 0.325 e. The van der Waals surface area contributed by atoms with E-state index in [1.54, 1.807) is 12.1 Å². The topological polar surface area (TPSA) is 116 Å². The highest BCUT2D eigenvalue weighted by atomic mass is 32.2. The second-order valence-electron chi connectivity index (χ2n) is 5.35. The molecule has 1 aliphatic heterocycles. The van der Waals surface area contributed by atoms with Crippen LogP contribution < -0.4 is 10.6 Å². The quantitative estimate of drug-likeness (QED) is 0.643. The number of sulfonamides is 1. The Hall–Kier alpha value is -2.46. The lowest BCUT2D eigenvalue weighted by Crippen LogP contribution is -2.40. The molecule has 0 unspecified atom stereocenters. The minimum atomic E-state index is -3.50. The Balaban J connectivity index is 1.92. The van der Waals surface area contributed by atoms with E-state index in [4.69, 9.17) is 0 Å². The zero-order valence-electron chi connectivity index (χ0n) is 13.3. The van der Waals surface area contributed by atoms with Gasteiger partial charge < -0.3 is 10.6 Å². The summed E-state index contributed by atoms with van der Waals surface area (Å²) in [6, 6.07) is 5.49. The summed E-state index contributed by atoms with van der Waals surface area (Å²) in [5.41, 5.74) is 0.693. The Morgan fingerprint density at radius 1 is 1.25 bits per heavy atom. The third-order valence-corrected chi connectivity index (χ3v) is 5.26. The van der Waals surface area contributed by atoms with E-state index in [0.29, 0.717) is 5.56 Å². The molecule has 0 atom stereocenters. The number of amides is 4. The van der Waals surface area contributed by atoms with Crippen molar-refractivity contribution >= 4 is 27.9 Å². The first-order valence-electron chi connectivity index (χ1n) is 7.08. The molecule has 9 nitrogen and oxygen atoms in total. The molecule has 1 heterocycles. The number of hydrogen-bond acceptors (Lipinski definition) is 5. The minimum Gasteiger partial charge on any atom is -0.350 e. The van der Waals surface area contributed by atoms with Crippen LogP contribution in [0.25, 0.3) is 0 Å². The van der Waals surface area contributed by atoms with Gasteiger partial charge in [0.1, 0.15) is 6.54 Å². The maximum Gasteiger partial charge on any atom is 0.325 e. The standard InChI is InChI=1S/C14H18N4O5S/c1-17(2)24(22,23)11-5-3-10(4-6-11)7-15-12(19)9-18-13(20)8-16-14(18)21/h3-6H,7-9H2,1-2H3,(H,15,19)(H,16,21). The summed E-state index contributed by atoms with van der Waals surface area (Å²) < 4.78 is 25.0. The molecule has 1 aromatic carbocycles. The van der Waals surface area contributed by atoms with Gasteiger partial charge >= 0.3 is 6.03 Å². The van der Waals surface area contributed by atoms with Gasteiger partial charge in [0.25, 0.3) is 5.91 Å². The lowest BCUT2D eigenvalue weighted by molar-refractivity contribution is -0.130. The van der Waals surface area contributed by atoms with Crippen molar-refractivity contribution in [3.05, 3.63) is 29.8 Å². The van der Waals surface area contributed by atoms with E-state index < -0.39 is 27.9 Å². The number of benzene rings is 1. The van der Waals surface area contributed by atoms with Gasteiger partial charge in [-0.3, -0.25) is 14.5 Å². The van der Waals surface area contributed by atoms with Crippen molar-refractivity contribution in [2.45, 2.75) is 11.4 Å². The average molecular weight is 354 g/mol. The van der Waals surface area contributed by atoms with Gasteiger partial charge in [-0.1, -0.05) is 12.1 Å². The maximum absolute atomic E-state index is 11.9. The SMILES string of the molecule is CN(C)S(=O)(=O)c1ccc(CNC(=O)CN2C(=O)CNC2=O)cc1. The molecule has 1 aromatic rings. The molecule has 0 radical (unpaired) electrons. The second kappa shape index (κ2) is 6.97. The van der Waals surface area contributed by atoms with Gasteiger partial charge in [-0.05, 0) is 17.7 Å². The normalized spacial score (nSPS) is 14.9. The van der Waals surface area contributed by atoms with Crippen LogP contribution in [-0.4, -0.2) is 62.7 Å². The van der Waals surface area contributed by atoms with E-state index in [2.05, 4.69) is 10.6 Å². The van der Waals surface area contributed by atoms with Crippen LogP contribution in [-0.2, 0) is 26.2 Å². The van der Waals surface area contributed by atoms with Crippen molar-refractivity contribution in [2.75, 3.05) is 27.2 Å². The number of rotatable bonds is 6. The Bertz CT molecular complexity index is 742. The number of hydrogen-bond donors (Lipinski definition) is 2. The van der Waals surface area contributed by atoms with Crippen molar-refractivity contribution in [1.29, 1.82) is 0 Å². The van der Waals surface area contributed by atoms with Crippen LogP contribution in [0.2, 0.25) is 0 Å². The zero-order chi connectivity index (χ0) is 17.9. The van der Waals surface area contributed by atoms with E-state index in [9.17, 15) is 22.8 Å². The van der Waals surface area contributed by atoms with Gasteiger partial charge in [-0.25, -0.2) is 17.5 Å². The summed E-state index contributed by atoms with van der Waals surface area (Å²) in [5.74, 6) is -0.932. The monoisotopic (exact) mass is 354 g/mol. The Labute approximate surface area is 139 Å². The van der Waals surface area contributed by atoms with Gasteiger partial charge in [0.15, 0.2) is 0 Å². The van der Waals surface area contributed by atoms with Crippen molar-refractivity contribution < 1.29 is 22.8 Å². The van der Waals surface area contributed by atoms with Gasteiger partial charge in [0, 0.05) is 20.6 Å². The molecule has 24 heavy (non-hydrogen) atoms. The highest BCUT2D eigenvalue weighted by Crippen LogP contribution is 2.13. The first kappa shape index (κ1) is 17.9. The molecular weight excluding hydrogens is 336 g/mol. The van der Waals surface area contributed by atoms with E-state index in [1.165, 1.54) is 26.2 Å². The summed E-state index contributed by atoms with van der Waals surface area (Å²) >= 11 is 0. The van der Waals surface area contributed by atoms with Crippen LogP contribution in [0.5, 0.6) is 0 Å². The molecule has 2 rings (SSSR count). The van der Waals surface area contributed by atoms with Gasteiger partial charge in [0.05, 0.1) is 11.4 Å². The molecule has 0 spiro atoms. The predicted molar refractivity (Wildman–Crippen MR) is 84.3 cm³/mol. The summed E-state index contributed by atoms with van der Waals surface area (Å²) in [7, 11) is -0.608. The van der Waals surface area contributed by atoms with E-state index in [0.717, 1.165) is 9.21 Å². The van der Waals surface area contributed by atoms with Crippen LogP contribution in [0, 0.1) is 0 Å². The predicted octanol–water partition coefficient (Wildman–Crippen LogP) is -0.895. The summed E-state index contributed by atoms with van der Waals surface area (Å²) in [6.07, 6.45) is 0. The van der Waals surface area contributed by atoms with Crippen LogP contribution in [0.15, 0.2) is 29.2 Å². The lowest BCUT2D eigenvalue weighted by atomic mass is 10.2. The van der Waals surface area contributed by atoms with E-state index >= 15 is 0 Å². The van der Waals surface area contributed by atoms with Gasteiger partial charge in [-0.15, -0.1) is 0 Å². The highest BCUT2D eigenvalue weighted by Gasteiger charge is 2.29. The fraction of sp³-hybridized carbons (Fsp3) is 0.357. The molecule has 4 amide bonds. The van der Waals surface area contributed by atoms with Crippen molar-refractivity contribution in [3.8, 4) is 0 Å². The average Bonchev–Trinajstić information content (AvgIpc) is 2.85. The van der Waals surface area contributed by atoms with E-state index in [-0.39, 0.29) is 24.5 Å². The fourth-order valence-corrected chi connectivity index (χ4v) is 2.91. The minimum absolute atomic E-state index is 0.103. The summed E-state index contributed by atoms with van der Waals surface area (Å²) in [5, 5.41) is 4.90. The molecule has 0 saturated carbocycles. The van der Waals surface area contributed by atoms with Gasteiger partial charge in [0.2, 0.25) is 15.9 Å². The molecule has 2 N–H and O–H groups in total. The van der Waals surface area contributed by atoms with Crippen molar-refractivity contribution in [2.24, 2.45) is 0 Å². The number of carbonyl (C=O) groups excluding carboxylic acids is 3. The number of nitrogens with zero attached hydrogens (tertiary/aromatic N) is 2. The third-order valence-electron chi connectivity index (χ3n) is 3.43. The molecule has 10 heteroatoms. The molecule has 130 valence electrons. The van der Waals surface area contributed by atoms with Crippen molar-refractivity contribution in [1.82, 2.24) is 19.8 Å². The van der Waals surface area contributed by atoms with Crippen LogP contribution in [0.4, 0.5) is 4.79 Å². The second-order valence-corrected chi connectivity index (χ2v) is 7.50. The Kier molecular flexibility index (Phi) is 5.20. The molecule has 0 aromatic heterocycles. The number of urea groups is 1. The van der Waals surface area contributed by atoms with E-state index in [1.807, 2.05) is 0 Å². The largest absolute Gasteiger partial charge is 0.350 e. The van der Waals surface area contributed by atoms with Crippen LogP contribution in [0.1, 0.15) is 5.56 Å². The zero-order valence-corrected chi connectivity index (χ0v) is 14.1.